The average Bonchev–Trinajstić information content (AvgIpc) is 3.03. The lowest BCUT2D eigenvalue weighted by atomic mass is 9.86. The zero-order valence-corrected chi connectivity index (χ0v) is 13.1. The molecule has 1 aliphatic heterocycles. The molecule has 1 amide bonds. The molecule has 118 valence electrons. The minimum Gasteiger partial charge on any atom is -0.384 e. The van der Waals surface area contributed by atoms with Gasteiger partial charge in [-0.3, -0.25) is 9.20 Å². The Labute approximate surface area is 130 Å². The molecule has 1 fully saturated rings. The Kier molecular flexibility index (Phi) is 4.38. The van der Waals surface area contributed by atoms with Crippen LogP contribution in [0.5, 0.6) is 0 Å². The summed E-state index contributed by atoms with van der Waals surface area (Å²) in [6.07, 6.45) is 5.54. The van der Waals surface area contributed by atoms with E-state index in [-0.39, 0.29) is 5.91 Å². The lowest BCUT2D eigenvalue weighted by Gasteiger charge is -2.34. The first-order valence-electron chi connectivity index (χ1n) is 7.77. The van der Waals surface area contributed by atoms with Gasteiger partial charge in [0.15, 0.2) is 5.65 Å². The molecule has 2 aromatic heterocycles. The summed E-state index contributed by atoms with van der Waals surface area (Å²) in [7, 11) is 1.74. The van der Waals surface area contributed by atoms with Gasteiger partial charge in [-0.2, -0.15) is 0 Å². The van der Waals surface area contributed by atoms with Gasteiger partial charge in [-0.05, 0) is 36.8 Å². The minimum absolute atomic E-state index is 0.0523. The van der Waals surface area contributed by atoms with Gasteiger partial charge in [0.1, 0.15) is 6.33 Å². The van der Waals surface area contributed by atoms with E-state index >= 15 is 0 Å². The van der Waals surface area contributed by atoms with Gasteiger partial charge in [0.2, 0.25) is 0 Å². The van der Waals surface area contributed by atoms with E-state index in [1.165, 1.54) is 0 Å². The van der Waals surface area contributed by atoms with E-state index in [1.807, 2.05) is 23.2 Å². The van der Waals surface area contributed by atoms with Crippen molar-refractivity contribution in [3.8, 4) is 0 Å². The molecule has 1 unspecified atom stereocenters. The zero-order valence-electron chi connectivity index (χ0n) is 13.1. The second kappa shape index (κ2) is 6.44. The minimum atomic E-state index is 0.0523. The van der Waals surface area contributed by atoms with Crippen LogP contribution in [0, 0.1) is 11.8 Å². The molecule has 1 aliphatic rings. The second-order valence-corrected chi connectivity index (χ2v) is 6.05. The largest absolute Gasteiger partial charge is 0.384 e. The first-order chi connectivity index (χ1) is 10.7. The summed E-state index contributed by atoms with van der Waals surface area (Å²) in [5.41, 5.74) is 1.26. The normalized spacial score (nSPS) is 17.8. The zero-order chi connectivity index (χ0) is 15.5. The lowest BCUT2D eigenvalue weighted by molar-refractivity contribution is 0.0600. The van der Waals surface area contributed by atoms with E-state index in [9.17, 15) is 4.79 Å². The number of aromatic nitrogens is 3. The molecule has 6 nitrogen and oxygen atoms in total. The van der Waals surface area contributed by atoms with Gasteiger partial charge in [0, 0.05) is 33.0 Å². The second-order valence-electron chi connectivity index (χ2n) is 6.05. The Hall–Kier alpha value is -1.95. The van der Waals surface area contributed by atoms with Crippen LogP contribution in [0.15, 0.2) is 24.7 Å². The highest BCUT2D eigenvalue weighted by atomic mass is 16.5. The van der Waals surface area contributed by atoms with Crippen LogP contribution < -0.4 is 0 Å². The monoisotopic (exact) mass is 302 g/mol. The van der Waals surface area contributed by atoms with E-state index < -0.39 is 0 Å². The first kappa shape index (κ1) is 15.0. The summed E-state index contributed by atoms with van der Waals surface area (Å²) >= 11 is 0. The van der Waals surface area contributed by atoms with Gasteiger partial charge in [0.05, 0.1) is 5.56 Å². The van der Waals surface area contributed by atoms with Crippen molar-refractivity contribution in [3.05, 3.63) is 30.2 Å². The Balaban J connectivity index is 1.69. The number of amides is 1. The molecule has 0 N–H and O–H groups in total. The molecular weight excluding hydrogens is 280 g/mol. The van der Waals surface area contributed by atoms with Crippen LogP contribution in [0.4, 0.5) is 0 Å². The molecule has 0 bridgehead atoms. The van der Waals surface area contributed by atoms with Crippen molar-refractivity contribution < 1.29 is 9.53 Å². The Morgan fingerprint density at radius 3 is 2.95 bits per heavy atom. The van der Waals surface area contributed by atoms with Crippen molar-refractivity contribution in [3.63, 3.8) is 0 Å². The number of carbonyl (C=O) groups is 1. The number of likely N-dealkylation sites (tertiary alicyclic amines) is 1. The number of ether oxygens (including phenoxy) is 1. The van der Waals surface area contributed by atoms with Crippen LogP contribution in [-0.4, -0.2) is 52.2 Å². The average molecular weight is 302 g/mol. The highest BCUT2D eigenvalue weighted by Crippen LogP contribution is 2.26. The first-order valence-corrected chi connectivity index (χ1v) is 7.77. The smallest absolute Gasteiger partial charge is 0.257 e. The van der Waals surface area contributed by atoms with Gasteiger partial charge in [-0.25, -0.2) is 0 Å². The van der Waals surface area contributed by atoms with Gasteiger partial charge >= 0.3 is 0 Å². The molecule has 0 spiro atoms. The molecule has 3 rings (SSSR count). The van der Waals surface area contributed by atoms with E-state index in [1.54, 1.807) is 17.8 Å². The molecular formula is C16H22N4O2. The SMILES string of the molecule is COCC(C)C1CCN(C(=O)c2cccn3cnnc23)CC1. The van der Waals surface area contributed by atoms with Crippen molar-refractivity contribution in [1.29, 1.82) is 0 Å². The number of fused-ring (bicyclic) bond motifs is 1. The molecule has 0 saturated carbocycles. The summed E-state index contributed by atoms with van der Waals surface area (Å²) < 4.78 is 7.02. The molecule has 3 heterocycles. The molecule has 1 saturated heterocycles. The maximum Gasteiger partial charge on any atom is 0.257 e. The van der Waals surface area contributed by atoms with Crippen LogP contribution in [-0.2, 0) is 4.74 Å². The molecule has 2 aromatic rings. The van der Waals surface area contributed by atoms with E-state index in [2.05, 4.69) is 17.1 Å². The summed E-state index contributed by atoms with van der Waals surface area (Å²) in [4.78, 5) is 14.7. The summed E-state index contributed by atoms with van der Waals surface area (Å²) in [6.45, 7) is 4.61. The fourth-order valence-corrected chi connectivity index (χ4v) is 3.26. The number of hydrogen-bond acceptors (Lipinski definition) is 4. The molecule has 0 aromatic carbocycles. The predicted molar refractivity (Wildman–Crippen MR) is 82.7 cm³/mol. The molecule has 0 radical (unpaired) electrons. The summed E-state index contributed by atoms with van der Waals surface area (Å²) in [5.74, 6) is 1.23. The Morgan fingerprint density at radius 1 is 1.45 bits per heavy atom. The number of pyridine rings is 1. The predicted octanol–water partition coefficient (Wildman–Crippen LogP) is 1.86. The van der Waals surface area contributed by atoms with Crippen molar-refractivity contribution in [2.45, 2.75) is 19.8 Å². The standard InChI is InChI=1S/C16H22N4O2/c1-12(10-22-2)13-5-8-19(9-6-13)16(21)14-4-3-7-20-11-17-18-15(14)20/h3-4,7,11-13H,5-6,8-10H2,1-2H3. The third-order valence-corrected chi connectivity index (χ3v) is 4.62. The van der Waals surface area contributed by atoms with E-state index in [0.717, 1.165) is 32.5 Å². The molecule has 1 atom stereocenters. The van der Waals surface area contributed by atoms with Gasteiger partial charge in [-0.15, -0.1) is 10.2 Å². The molecule has 0 aliphatic carbocycles. The third-order valence-electron chi connectivity index (χ3n) is 4.62. The number of hydrogen-bond donors (Lipinski definition) is 0. The van der Waals surface area contributed by atoms with Crippen LogP contribution in [0.3, 0.4) is 0 Å². The Bertz CT molecular complexity index is 646. The number of piperidine rings is 1. The highest BCUT2D eigenvalue weighted by molar-refractivity contribution is 5.99. The van der Waals surface area contributed by atoms with Crippen molar-refractivity contribution >= 4 is 11.6 Å². The quantitative estimate of drug-likeness (QED) is 0.865. The molecule has 22 heavy (non-hydrogen) atoms. The van der Waals surface area contributed by atoms with Crippen LogP contribution in [0.1, 0.15) is 30.1 Å². The van der Waals surface area contributed by atoms with Crippen LogP contribution in [0.2, 0.25) is 0 Å². The topological polar surface area (TPSA) is 59.7 Å². The fourth-order valence-electron chi connectivity index (χ4n) is 3.26. The number of methoxy groups -OCH3 is 1. The number of carbonyl (C=O) groups excluding carboxylic acids is 1. The van der Waals surface area contributed by atoms with E-state index in [4.69, 9.17) is 4.74 Å². The summed E-state index contributed by atoms with van der Waals surface area (Å²) in [6, 6.07) is 3.68. The van der Waals surface area contributed by atoms with Crippen molar-refractivity contribution in [1.82, 2.24) is 19.5 Å². The van der Waals surface area contributed by atoms with Gasteiger partial charge in [0.25, 0.3) is 5.91 Å². The number of rotatable bonds is 4. The Morgan fingerprint density at radius 2 is 2.23 bits per heavy atom. The van der Waals surface area contributed by atoms with Gasteiger partial charge in [-0.1, -0.05) is 6.92 Å². The highest BCUT2D eigenvalue weighted by Gasteiger charge is 2.27. The van der Waals surface area contributed by atoms with Crippen LogP contribution >= 0.6 is 0 Å². The maximum atomic E-state index is 12.7. The molecule has 6 heteroatoms. The van der Waals surface area contributed by atoms with Crippen molar-refractivity contribution in [2.75, 3.05) is 26.8 Å². The van der Waals surface area contributed by atoms with Gasteiger partial charge < -0.3 is 9.64 Å². The van der Waals surface area contributed by atoms with E-state index in [0.29, 0.717) is 23.0 Å². The maximum absolute atomic E-state index is 12.7. The fraction of sp³-hybridized carbons (Fsp3) is 0.562. The van der Waals surface area contributed by atoms with Crippen LogP contribution in [0.25, 0.3) is 5.65 Å². The number of nitrogens with zero attached hydrogens (tertiary/aromatic N) is 4. The third kappa shape index (κ3) is 2.83. The summed E-state index contributed by atoms with van der Waals surface area (Å²) in [5, 5.41) is 7.92. The lowest BCUT2D eigenvalue weighted by Crippen LogP contribution is -2.40. The van der Waals surface area contributed by atoms with Crippen molar-refractivity contribution in [2.24, 2.45) is 11.8 Å².